The van der Waals surface area contributed by atoms with Gasteiger partial charge in [-0.1, -0.05) is 24.3 Å². The van der Waals surface area contributed by atoms with Crippen LogP contribution in [-0.2, 0) is 0 Å². The zero-order valence-corrected chi connectivity index (χ0v) is 15.5. The van der Waals surface area contributed by atoms with Gasteiger partial charge < -0.3 is 14.8 Å². The summed E-state index contributed by atoms with van der Waals surface area (Å²) in [5, 5.41) is 17.4. The van der Waals surface area contributed by atoms with Gasteiger partial charge in [0.2, 0.25) is 0 Å². The molecule has 6 nitrogen and oxygen atoms in total. The van der Waals surface area contributed by atoms with Crippen molar-refractivity contribution in [3.05, 3.63) is 83.7 Å². The number of aryl methyl sites for hydroxylation is 2. The monoisotopic (exact) mass is 373 g/mol. The summed E-state index contributed by atoms with van der Waals surface area (Å²) in [5.41, 5.74) is 2.84. The number of carbonyl (C=O) groups excluding carboxylic acids is 1. The number of aromatic nitrogens is 2. The van der Waals surface area contributed by atoms with Crippen LogP contribution in [0.4, 0.5) is 5.69 Å². The molecule has 4 rings (SSSR count). The SMILES string of the molecule is Cc1ccc(NC(=O)c2cn(-c3ccccc3)nc2-c2ccc(C)o2)c(O)c1. The lowest BCUT2D eigenvalue weighted by molar-refractivity contribution is 0.102. The molecule has 2 N–H and O–H groups in total. The van der Waals surface area contributed by atoms with E-state index in [1.54, 1.807) is 29.1 Å². The maximum absolute atomic E-state index is 13.0. The number of phenolic OH excluding ortho intramolecular Hbond substituents is 1. The van der Waals surface area contributed by atoms with Gasteiger partial charge in [0.05, 0.1) is 16.9 Å². The number of aromatic hydroxyl groups is 1. The topological polar surface area (TPSA) is 80.3 Å². The van der Waals surface area contributed by atoms with Gasteiger partial charge in [-0.2, -0.15) is 5.10 Å². The first-order chi connectivity index (χ1) is 13.5. The molecule has 0 spiro atoms. The predicted octanol–water partition coefficient (Wildman–Crippen LogP) is 4.71. The van der Waals surface area contributed by atoms with Gasteiger partial charge in [0.1, 0.15) is 17.2 Å². The highest BCUT2D eigenvalue weighted by Crippen LogP contribution is 2.28. The Morgan fingerprint density at radius 3 is 2.54 bits per heavy atom. The molecule has 0 radical (unpaired) electrons. The maximum Gasteiger partial charge on any atom is 0.259 e. The van der Waals surface area contributed by atoms with Crippen molar-refractivity contribution >= 4 is 11.6 Å². The van der Waals surface area contributed by atoms with Crippen LogP contribution in [0.5, 0.6) is 5.75 Å². The van der Waals surface area contributed by atoms with Gasteiger partial charge in [-0.15, -0.1) is 0 Å². The maximum atomic E-state index is 13.0. The van der Waals surface area contributed by atoms with Crippen molar-refractivity contribution in [1.29, 1.82) is 0 Å². The number of rotatable bonds is 4. The highest BCUT2D eigenvalue weighted by Gasteiger charge is 2.21. The fraction of sp³-hybridized carbons (Fsp3) is 0.0909. The first kappa shape index (κ1) is 17.6. The lowest BCUT2D eigenvalue weighted by atomic mass is 10.1. The number of benzene rings is 2. The van der Waals surface area contributed by atoms with Crippen molar-refractivity contribution in [2.24, 2.45) is 0 Å². The predicted molar refractivity (Wildman–Crippen MR) is 107 cm³/mol. The Bertz CT molecular complexity index is 1140. The summed E-state index contributed by atoms with van der Waals surface area (Å²) in [6, 6.07) is 18.2. The number of hydrogen-bond acceptors (Lipinski definition) is 4. The number of phenols is 1. The normalized spacial score (nSPS) is 10.8. The Morgan fingerprint density at radius 2 is 1.86 bits per heavy atom. The fourth-order valence-corrected chi connectivity index (χ4v) is 2.93. The minimum atomic E-state index is -0.384. The Kier molecular flexibility index (Phi) is 4.45. The van der Waals surface area contributed by atoms with Crippen LogP contribution in [0.25, 0.3) is 17.1 Å². The van der Waals surface area contributed by atoms with E-state index < -0.39 is 0 Å². The van der Waals surface area contributed by atoms with E-state index in [0.717, 1.165) is 17.0 Å². The minimum Gasteiger partial charge on any atom is -0.506 e. The van der Waals surface area contributed by atoms with Gasteiger partial charge in [-0.25, -0.2) is 4.68 Å². The molecule has 28 heavy (non-hydrogen) atoms. The largest absolute Gasteiger partial charge is 0.506 e. The molecule has 6 heteroatoms. The molecule has 0 aliphatic rings. The molecule has 0 unspecified atom stereocenters. The molecule has 2 heterocycles. The molecular weight excluding hydrogens is 354 g/mol. The zero-order chi connectivity index (χ0) is 19.7. The van der Waals surface area contributed by atoms with Crippen molar-refractivity contribution in [1.82, 2.24) is 9.78 Å². The van der Waals surface area contributed by atoms with E-state index in [2.05, 4.69) is 10.4 Å². The quantitative estimate of drug-likeness (QED) is 0.508. The van der Waals surface area contributed by atoms with Crippen LogP contribution in [0.2, 0.25) is 0 Å². The number of amides is 1. The van der Waals surface area contributed by atoms with Crippen molar-refractivity contribution < 1.29 is 14.3 Å². The van der Waals surface area contributed by atoms with Crippen LogP contribution >= 0.6 is 0 Å². The standard InChI is InChI=1S/C22H19N3O3/c1-14-8-10-18(19(26)12-14)23-22(27)17-13-25(16-6-4-3-5-7-16)24-21(17)20-11-9-15(2)28-20/h3-13,26H,1-2H3,(H,23,27). The van der Waals surface area contributed by atoms with Gasteiger partial charge in [-0.05, 0) is 55.8 Å². The van der Waals surface area contributed by atoms with Gasteiger partial charge in [-0.3, -0.25) is 4.79 Å². The Balaban J connectivity index is 1.76. The van der Waals surface area contributed by atoms with E-state index in [1.165, 1.54) is 0 Å². The highest BCUT2D eigenvalue weighted by molar-refractivity contribution is 6.08. The second-order valence-corrected chi connectivity index (χ2v) is 6.56. The molecule has 0 saturated carbocycles. The van der Waals surface area contributed by atoms with Crippen LogP contribution in [0.1, 0.15) is 21.7 Å². The van der Waals surface area contributed by atoms with Crippen LogP contribution < -0.4 is 5.32 Å². The number of nitrogens with zero attached hydrogens (tertiary/aromatic N) is 2. The molecule has 1 amide bonds. The molecule has 0 bridgehead atoms. The lowest BCUT2D eigenvalue weighted by Crippen LogP contribution is -2.12. The Labute approximate surface area is 162 Å². The van der Waals surface area contributed by atoms with Gasteiger partial charge in [0, 0.05) is 6.20 Å². The summed E-state index contributed by atoms with van der Waals surface area (Å²) in [4.78, 5) is 13.0. The Morgan fingerprint density at radius 1 is 1.07 bits per heavy atom. The number of para-hydroxylation sites is 1. The van der Waals surface area contributed by atoms with E-state index in [0.29, 0.717) is 22.7 Å². The van der Waals surface area contributed by atoms with E-state index in [9.17, 15) is 9.90 Å². The highest BCUT2D eigenvalue weighted by atomic mass is 16.3. The summed E-state index contributed by atoms with van der Waals surface area (Å²) in [5.74, 6) is 0.863. The van der Waals surface area contributed by atoms with Crippen LogP contribution in [-0.4, -0.2) is 20.8 Å². The summed E-state index contributed by atoms with van der Waals surface area (Å²) >= 11 is 0. The molecule has 0 atom stereocenters. The zero-order valence-electron chi connectivity index (χ0n) is 15.5. The van der Waals surface area contributed by atoms with Crippen molar-refractivity contribution in [3.8, 4) is 22.9 Å². The first-order valence-electron chi connectivity index (χ1n) is 8.84. The molecule has 0 aliphatic carbocycles. The first-order valence-corrected chi connectivity index (χ1v) is 8.84. The minimum absolute atomic E-state index is 0.0131. The lowest BCUT2D eigenvalue weighted by Gasteiger charge is -2.07. The number of anilines is 1. The number of hydrogen-bond donors (Lipinski definition) is 2. The second kappa shape index (κ2) is 7.08. The van der Waals surface area contributed by atoms with Gasteiger partial charge >= 0.3 is 0 Å². The van der Waals surface area contributed by atoms with Crippen molar-refractivity contribution in [3.63, 3.8) is 0 Å². The second-order valence-electron chi connectivity index (χ2n) is 6.56. The third-order valence-corrected chi connectivity index (χ3v) is 4.35. The Hall–Kier alpha value is -3.80. The summed E-state index contributed by atoms with van der Waals surface area (Å²) in [6.07, 6.45) is 1.66. The fourth-order valence-electron chi connectivity index (χ4n) is 2.93. The molecule has 2 aromatic heterocycles. The van der Waals surface area contributed by atoms with Gasteiger partial charge in [0.15, 0.2) is 5.76 Å². The molecule has 2 aromatic carbocycles. The van der Waals surface area contributed by atoms with Crippen molar-refractivity contribution in [2.75, 3.05) is 5.32 Å². The average molecular weight is 373 g/mol. The number of carbonyl (C=O) groups is 1. The summed E-state index contributed by atoms with van der Waals surface area (Å²) in [7, 11) is 0. The van der Waals surface area contributed by atoms with E-state index in [-0.39, 0.29) is 11.7 Å². The van der Waals surface area contributed by atoms with Crippen molar-refractivity contribution in [2.45, 2.75) is 13.8 Å². The van der Waals surface area contributed by atoms with E-state index in [4.69, 9.17) is 4.42 Å². The van der Waals surface area contributed by atoms with Crippen LogP contribution in [0, 0.1) is 13.8 Å². The van der Waals surface area contributed by atoms with E-state index >= 15 is 0 Å². The van der Waals surface area contributed by atoms with Gasteiger partial charge in [0.25, 0.3) is 5.91 Å². The molecule has 0 aliphatic heterocycles. The molecule has 0 saturated heterocycles. The summed E-state index contributed by atoms with van der Waals surface area (Å²) < 4.78 is 7.33. The van der Waals surface area contributed by atoms with Crippen LogP contribution in [0.15, 0.2) is 71.3 Å². The molecular formula is C22H19N3O3. The smallest absolute Gasteiger partial charge is 0.259 e. The molecule has 0 fully saturated rings. The molecule has 140 valence electrons. The summed E-state index contributed by atoms with van der Waals surface area (Å²) in [6.45, 7) is 3.70. The van der Waals surface area contributed by atoms with Crippen LogP contribution in [0.3, 0.4) is 0 Å². The van der Waals surface area contributed by atoms with E-state index in [1.807, 2.05) is 56.3 Å². The number of nitrogens with one attached hydrogen (secondary N) is 1. The number of furan rings is 1. The molecule has 4 aromatic rings. The third-order valence-electron chi connectivity index (χ3n) is 4.35. The average Bonchev–Trinajstić information content (AvgIpc) is 3.31. The third kappa shape index (κ3) is 3.40.